The molecule has 0 saturated heterocycles. The molecule has 4 heteroatoms. The second-order valence-electron chi connectivity index (χ2n) is 4.15. The van der Waals surface area contributed by atoms with Gasteiger partial charge in [0.1, 0.15) is 0 Å². The molecule has 0 radical (unpaired) electrons. The first-order valence-electron chi connectivity index (χ1n) is 5.86. The Balaban J connectivity index is 2.84. The molecule has 0 amide bonds. The Kier molecular flexibility index (Phi) is 5.39. The molecule has 1 aromatic carbocycles. The largest absolute Gasteiger partial charge is 0.313 e. The summed E-state index contributed by atoms with van der Waals surface area (Å²) in [6.07, 6.45) is 2.96. The van der Waals surface area contributed by atoms with E-state index >= 15 is 0 Å². The third-order valence-electron chi connectivity index (χ3n) is 2.79. The third kappa shape index (κ3) is 4.17. The van der Waals surface area contributed by atoms with Crippen LogP contribution < -0.4 is 5.32 Å². The molecular weight excluding hydrogens is 246 g/mol. The summed E-state index contributed by atoms with van der Waals surface area (Å²) in [5.41, 5.74) is 1.09. The molecule has 98 valence electrons. The van der Waals surface area contributed by atoms with Crippen molar-refractivity contribution in [2.24, 2.45) is 0 Å². The number of sulfone groups is 1. The smallest absolute Gasteiger partial charge is 0.175 e. The van der Waals surface area contributed by atoms with E-state index in [1.807, 2.05) is 26.1 Å². The Morgan fingerprint density at radius 2 is 1.89 bits per heavy atom. The molecule has 0 aromatic heterocycles. The summed E-state index contributed by atoms with van der Waals surface area (Å²) in [6, 6.07) is 7.23. The number of hydrogen-bond donors (Lipinski definition) is 1. The predicted molar refractivity (Wildman–Crippen MR) is 74.0 cm³/mol. The molecule has 0 fully saturated rings. The zero-order valence-corrected chi connectivity index (χ0v) is 11.8. The molecule has 0 spiro atoms. The Bertz CT molecular complexity index is 535. The highest BCUT2D eigenvalue weighted by Crippen LogP contribution is 2.20. The summed E-state index contributed by atoms with van der Waals surface area (Å²) in [4.78, 5) is 0.356. The SMILES string of the molecule is CC#CCCC(NC)c1ccc(S(C)(=O)=O)cc1. The highest BCUT2D eigenvalue weighted by molar-refractivity contribution is 7.90. The van der Waals surface area contributed by atoms with Crippen molar-refractivity contribution in [3.05, 3.63) is 29.8 Å². The molecule has 0 aliphatic carbocycles. The van der Waals surface area contributed by atoms with Crippen molar-refractivity contribution in [3.8, 4) is 11.8 Å². The third-order valence-corrected chi connectivity index (χ3v) is 3.92. The molecule has 0 aliphatic rings. The monoisotopic (exact) mass is 265 g/mol. The Hall–Kier alpha value is -1.31. The fourth-order valence-electron chi connectivity index (χ4n) is 1.77. The van der Waals surface area contributed by atoms with Crippen molar-refractivity contribution in [2.75, 3.05) is 13.3 Å². The summed E-state index contributed by atoms with van der Waals surface area (Å²) in [5, 5.41) is 3.22. The van der Waals surface area contributed by atoms with Gasteiger partial charge in [-0.2, -0.15) is 0 Å². The first-order valence-corrected chi connectivity index (χ1v) is 7.75. The van der Waals surface area contributed by atoms with E-state index in [-0.39, 0.29) is 6.04 Å². The van der Waals surface area contributed by atoms with Gasteiger partial charge in [-0.1, -0.05) is 12.1 Å². The van der Waals surface area contributed by atoms with Gasteiger partial charge in [-0.25, -0.2) is 8.42 Å². The summed E-state index contributed by atoms with van der Waals surface area (Å²) in [7, 11) is -1.22. The van der Waals surface area contributed by atoms with E-state index in [9.17, 15) is 8.42 Å². The van der Waals surface area contributed by atoms with Crippen LogP contribution in [0.2, 0.25) is 0 Å². The number of nitrogens with one attached hydrogen (secondary N) is 1. The fourth-order valence-corrected chi connectivity index (χ4v) is 2.40. The second kappa shape index (κ2) is 6.58. The van der Waals surface area contributed by atoms with Crippen LogP contribution >= 0.6 is 0 Å². The van der Waals surface area contributed by atoms with E-state index in [4.69, 9.17) is 0 Å². The molecular formula is C14H19NO2S. The van der Waals surface area contributed by atoms with Gasteiger partial charge in [0, 0.05) is 18.7 Å². The van der Waals surface area contributed by atoms with Crippen LogP contribution in [0.1, 0.15) is 31.4 Å². The van der Waals surface area contributed by atoms with Crippen molar-refractivity contribution in [1.82, 2.24) is 5.32 Å². The molecule has 0 heterocycles. The van der Waals surface area contributed by atoms with Crippen LogP contribution in [0.25, 0.3) is 0 Å². The molecule has 0 bridgehead atoms. The van der Waals surface area contributed by atoms with Crippen molar-refractivity contribution in [3.63, 3.8) is 0 Å². The maximum absolute atomic E-state index is 11.4. The molecule has 1 aromatic rings. The van der Waals surface area contributed by atoms with Crippen LogP contribution in [0.3, 0.4) is 0 Å². The molecule has 1 atom stereocenters. The van der Waals surface area contributed by atoms with Crippen molar-refractivity contribution >= 4 is 9.84 Å². The molecule has 1 unspecified atom stereocenters. The van der Waals surface area contributed by atoms with Crippen LogP contribution in [0.5, 0.6) is 0 Å². The van der Waals surface area contributed by atoms with Gasteiger partial charge in [0.15, 0.2) is 9.84 Å². The van der Waals surface area contributed by atoms with Gasteiger partial charge < -0.3 is 5.32 Å². The topological polar surface area (TPSA) is 46.2 Å². The van der Waals surface area contributed by atoms with E-state index in [0.29, 0.717) is 4.90 Å². The fraction of sp³-hybridized carbons (Fsp3) is 0.429. The number of hydrogen-bond acceptors (Lipinski definition) is 3. The van der Waals surface area contributed by atoms with Crippen LogP contribution in [-0.4, -0.2) is 21.7 Å². The van der Waals surface area contributed by atoms with E-state index in [0.717, 1.165) is 18.4 Å². The number of benzene rings is 1. The van der Waals surface area contributed by atoms with E-state index in [1.165, 1.54) is 6.26 Å². The van der Waals surface area contributed by atoms with Crippen LogP contribution in [-0.2, 0) is 9.84 Å². The molecule has 0 aliphatic heterocycles. The average Bonchev–Trinajstić information content (AvgIpc) is 2.34. The van der Waals surface area contributed by atoms with Crippen LogP contribution in [0, 0.1) is 11.8 Å². The molecule has 0 saturated carbocycles. The first-order chi connectivity index (χ1) is 8.49. The normalized spacial score (nSPS) is 12.6. The zero-order chi connectivity index (χ0) is 13.6. The Labute approximate surface area is 110 Å². The lowest BCUT2D eigenvalue weighted by atomic mass is 10.0. The molecule has 3 nitrogen and oxygen atoms in total. The predicted octanol–water partition coefficient (Wildman–Crippen LogP) is 2.15. The minimum absolute atomic E-state index is 0.208. The lowest BCUT2D eigenvalue weighted by Crippen LogP contribution is -2.16. The van der Waals surface area contributed by atoms with Gasteiger partial charge in [-0.3, -0.25) is 0 Å². The maximum atomic E-state index is 11.4. The van der Waals surface area contributed by atoms with E-state index in [1.54, 1.807) is 12.1 Å². The zero-order valence-electron chi connectivity index (χ0n) is 11.0. The van der Waals surface area contributed by atoms with E-state index in [2.05, 4.69) is 17.2 Å². The Morgan fingerprint density at radius 3 is 2.33 bits per heavy atom. The minimum Gasteiger partial charge on any atom is -0.313 e. The van der Waals surface area contributed by atoms with Crippen molar-refractivity contribution in [2.45, 2.75) is 30.7 Å². The molecule has 1 rings (SSSR count). The van der Waals surface area contributed by atoms with Gasteiger partial charge in [-0.05, 0) is 38.1 Å². The quantitative estimate of drug-likeness (QED) is 0.830. The minimum atomic E-state index is -3.12. The average molecular weight is 265 g/mol. The highest BCUT2D eigenvalue weighted by Gasteiger charge is 2.11. The summed E-state index contributed by atoms with van der Waals surface area (Å²) < 4.78 is 22.7. The van der Waals surface area contributed by atoms with Crippen LogP contribution in [0.4, 0.5) is 0 Å². The second-order valence-corrected chi connectivity index (χ2v) is 6.16. The van der Waals surface area contributed by atoms with Gasteiger partial charge in [0.25, 0.3) is 0 Å². The summed E-state index contributed by atoms with van der Waals surface area (Å²) >= 11 is 0. The summed E-state index contributed by atoms with van der Waals surface area (Å²) in [5.74, 6) is 5.90. The van der Waals surface area contributed by atoms with Gasteiger partial charge in [0.05, 0.1) is 4.90 Å². The van der Waals surface area contributed by atoms with Crippen LogP contribution in [0.15, 0.2) is 29.2 Å². The maximum Gasteiger partial charge on any atom is 0.175 e. The van der Waals surface area contributed by atoms with Gasteiger partial charge in [-0.15, -0.1) is 11.8 Å². The number of rotatable bonds is 5. The van der Waals surface area contributed by atoms with E-state index < -0.39 is 9.84 Å². The highest BCUT2D eigenvalue weighted by atomic mass is 32.2. The standard InChI is InChI=1S/C14H19NO2S/c1-4-5-6-7-14(15-2)12-8-10-13(11-9-12)18(3,16)17/h8-11,14-15H,6-7H2,1-3H3. The van der Waals surface area contributed by atoms with Gasteiger partial charge >= 0.3 is 0 Å². The summed E-state index contributed by atoms with van der Waals surface area (Å²) in [6.45, 7) is 1.83. The lowest BCUT2D eigenvalue weighted by molar-refractivity contribution is 0.558. The molecule has 18 heavy (non-hydrogen) atoms. The molecule has 1 N–H and O–H groups in total. The first kappa shape index (κ1) is 14.7. The lowest BCUT2D eigenvalue weighted by Gasteiger charge is -2.15. The van der Waals surface area contributed by atoms with Gasteiger partial charge in [0.2, 0.25) is 0 Å². The Morgan fingerprint density at radius 1 is 1.28 bits per heavy atom. The van der Waals surface area contributed by atoms with Crippen molar-refractivity contribution < 1.29 is 8.42 Å². The van der Waals surface area contributed by atoms with Crippen molar-refractivity contribution in [1.29, 1.82) is 0 Å².